The van der Waals surface area contributed by atoms with Crippen LogP contribution in [0, 0.1) is 28.4 Å². The lowest BCUT2D eigenvalue weighted by molar-refractivity contribution is -0.384. The number of non-ortho nitro benzene ring substituents is 1. The maximum absolute atomic E-state index is 12.3. The third-order valence-electron chi connectivity index (χ3n) is 3.50. The molecule has 3 aromatic rings. The molecule has 0 radical (unpaired) electrons. The van der Waals surface area contributed by atoms with Gasteiger partial charge in [0.1, 0.15) is 16.6 Å². The molecule has 1 N–H and O–H groups in total. The van der Waals surface area contributed by atoms with Gasteiger partial charge in [0, 0.05) is 24.0 Å². The van der Waals surface area contributed by atoms with Gasteiger partial charge in [-0.25, -0.2) is 0 Å². The first-order valence-electron chi connectivity index (χ1n) is 7.63. The summed E-state index contributed by atoms with van der Waals surface area (Å²) in [4.78, 5) is 22.8. The van der Waals surface area contributed by atoms with Crippen LogP contribution in [0.1, 0.15) is 10.7 Å². The highest BCUT2D eigenvalue weighted by Crippen LogP contribution is 2.21. The SMILES string of the molecule is Cc1nnc(NC(=O)/C(C#N)=C\c2cccn2-c2cccc([N+](=O)[O-])c2)s1. The number of nitrogens with zero attached hydrogens (tertiary/aromatic N) is 5. The number of nitriles is 1. The van der Waals surface area contributed by atoms with E-state index in [4.69, 9.17) is 0 Å². The van der Waals surface area contributed by atoms with Crippen LogP contribution in [0.5, 0.6) is 0 Å². The number of amides is 1. The minimum Gasteiger partial charge on any atom is -0.317 e. The largest absolute Gasteiger partial charge is 0.317 e. The molecule has 2 aromatic heterocycles. The summed E-state index contributed by atoms with van der Waals surface area (Å²) in [6.07, 6.45) is 3.09. The van der Waals surface area contributed by atoms with Crippen molar-refractivity contribution in [2.75, 3.05) is 5.32 Å². The number of rotatable bonds is 5. The van der Waals surface area contributed by atoms with E-state index < -0.39 is 10.8 Å². The Morgan fingerprint density at radius 3 is 2.85 bits per heavy atom. The van der Waals surface area contributed by atoms with Crippen LogP contribution in [0.4, 0.5) is 10.8 Å². The second kappa shape index (κ2) is 7.59. The van der Waals surface area contributed by atoms with Crippen LogP contribution in [0.15, 0.2) is 48.2 Å². The van der Waals surface area contributed by atoms with E-state index in [-0.39, 0.29) is 11.3 Å². The van der Waals surface area contributed by atoms with Crippen molar-refractivity contribution in [1.82, 2.24) is 14.8 Å². The van der Waals surface area contributed by atoms with Gasteiger partial charge in [0.15, 0.2) is 0 Å². The fourth-order valence-electron chi connectivity index (χ4n) is 2.31. The number of carbonyl (C=O) groups is 1. The molecule has 0 aliphatic carbocycles. The van der Waals surface area contributed by atoms with E-state index >= 15 is 0 Å². The van der Waals surface area contributed by atoms with E-state index in [2.05, 4.69) is 15.5 Å². The smallest absolute Gasteiger partial charge is 0.271 e. The van der Waals surface area contributed by atoms with E-state index in [0.717, 1.165) is 0 Å². The van der Waals surface area contributed by atoms with Crippen molar-refractivity contribution in [3.63, 3.8) is 0 Å². The van der Waals surface area contributed by atoms with Crippen LogP contribution >= 0.6 is 11.3 Å². The van der Waals surface area contributed by atoms with Gasteiger partial charge in [-0.1, -0.05) is 17.4 Å². The zero-order chi connectivity index (χ0) is 19.4. The summed E-state index contributed by atoms with van der Waals surface area (Å²) in [7, 11) is 0. The molecule has 0 unspecified atom stereocenters. The van der Waals surface area contributed by atoms with Crippen molar-refractivity contribution in [1.29, 1.82) is 5.26 Å². The average molecular weight is 380 g/mol. The van der Waals surface area contributed by atoms with Crippen molar-refractivity contribution in [2.45, 2.75) is 6.92 Å². The number of aromatic nitrogens is 3. The number of hydrogen-bond donors (Lipinski definition) is 1. The second-order valence-electron chi connectivity index (χ2n) is 5.33. The van der Waals surface area contributed by atoms with Gasteiger partial charge < -0.3 is 4.57 Å². The number of benzene rings is 1. The van der Waals surface area contributed by atoms with E-state index in [9.17, 15) is 20.2 Å². The van der Waals surface area contributed by atoms with Crippen molar-refractivity contribution >= 4 is 34.1 Å². The average Bonchev–Trinajstić information content (AvgIpc) is 3.28. The van der Waals surface area contributed by atoms with Gasteiger partial charge in [0.25, 0.3) is 11.6 Å². The fraction of sp³-hybridized carbons (Fsp3) is 0.0588. The minimum absolute atomic E-state index is 0.0546. The molecule has 9 nitrogen and oxygen atoms in total. The Morgan fingerprint density at radius 1 is 1.37 bits per heavy atom. The van der Waals surface area contributed by atoms with Gasteiger partial charge in [0.05, 0.1) is 10.6 Å². The number of anilines is 1. The summed E-state index contributed by atoms with van der Waals surface area (Å²) in [5, 5.41) is 31.4. The predicted molar refractivity (Wildman–Crippen MR) is 99.3 cm³/mol. The van der Waals surface area contributed by atoms with Crippen molar-refractivity contribution < 1.29 is 9.72 Å². The highest BCUT2D eigenvalue weighted by molar-refractivity contribution is 7.15. The summed E-state index contributed by atoms with van der Waals surface area (Å²) >= 11 is 1.20. The lowest BCUT2D eigenvalue weighted by atomic mass is 10.2. The number of aryl methyl sites for hydroxylation is 1. The molecule has 27 heavy (non-hydrogen) atoms. The van der Waals surface area contributed by atoms with Gasteiger partial charge in [-0.2, -0.15) is 5.26 Å². The molecule has 1 amide bonds. The molecule has 0 bridgehead atoms. The molecule has 134 valence electrons. The molecule has 0 fully saturated rings. The van der Waals surface area contributed by atoms with Gasteiger partial charge in [0.2, 0.25) is 5.13 Å². The molecular weight excluding hydrogens is 368 g/mol. The second-order valence-corrected chi connectivity index (χ2v) is 6.51. The van der Waals surface area contributed by atoms with Gasteiger partial charge >= 0.3 is 0 Å². The first-order valence-corrected chi connectivity index (χ1v) is 8.45. The van der Waals surface area contributed by atoms with E-state index in [0.29, 0.717) is 21.5 Å². The van der Waals surface area contributed by atoms with E-state index in [1.165, 1.54) is 29.5 Å². The Labute approximate surface area is 157 Å². The maximum Gasteiger partial charge on any atom is 0.271 e. The normalized spacial score (nSPS) is 11.0. The summed E-state index contributed by atoms with van der Waals surface area (Å²) in [6, 6.07) is 11.3. The Bertz CT molecular complexity index is 1090. The fourth-order valence-corrected chi connectivity index (χ4v) is 2.90. The zero-order valence-corrected chi connectivity index (χ0v) is 14.8. The third kappa shape index (κ3) is 4.05. The lowest BCUT2D eigenvalue weighted by Crippen LogP contribution is -2.13. The third-order valence-corrected chi connectivity index (χ3v) is 4.26. The van der Waals surface area contributed by atoms with E-state index in [1.807, 2.05) is 6.07 Å². The van der Waals surface area contributed by atoms with E-state index in [1.54, 1.807) is 42.0 Å². The Balaban J connectivity index is 1.91. The highest BCUT2D eigenvalue weighted by Gasteiger charge is 2.14. The van der Waals surface area contributed by atoms with Crippen LogP contribution in [-0.4, -0.2) is 25.6 Å². The van der Waals surface area contributed by atoms with Crippen LogP contribution in [0.2, 0.25) is 0 Å². The quantitative estimate of drug-likeness (QED) is 0.314. The summed E-state index contributed by atoms with van der Waals surface area (Å²) in [5.74, 6) is -0.611. The predicted octanol–water partition coefficient (Wildman–Crippen LogP) is 3.09. The standard InChI is InChI=1S/C17H12N6O3S/c1-11-20-21-17(27-11)19-16(24)12(10-18)8-13-6-3-7-22(13)14-4-2-5-15(9-14)23(25)26/h2-9H,1H3,(H,19,21,24)/b12-8-. The molecule has 1 aromatic carbocycles. The van der Waals surface area contributed by atoms with Crippen LogP contribution < -0.4 is 5.32 Å². The minimum atomic E-state index is -0.611. The summed E-state index contributed by atoms with van der Waals surface area (Å²) < 4.78 is 1.65. The molecule has 0 saturated carbocycles. The summed E-state index contributed by atoms with van der Waals surface area (Å²) in [5.41, 5.74) is 0.878. The lowest BCUT2D eigenvalue weighted by Gasteiger charge is -2.07. The molecule has 0 atom stereocenters. The first kappa shape index (κ1) is 18.0. The Kier molecular flexibility index (Phi) is 5.05. The zero-order valence-electron chi connectivity index (χ0n) is 14.0. The molecule has 0 aliphatic rings. The molecule has 0 spiro atoms. The number of nitro groups is 1. The maximum atomic E-state index is 12.3. The molecule has 10 heteroatoms. The summed E-state index contributed by atoms with van der Waals surface area (Å²) in [6.45, 7) is 1.75. The van der Waals surface area contributed by atoms with Crippen LogP contribution in [0.25, 0.3) is 11.8 Å². The Morgan fingerprint density at radius 2 is 2.19 bits per heavy atom. The molecule has 0 aliphatic heterocycles. The van der Waals surface area contributed by atoms with Gasteiger partial charge in [-0.05, 0) is 31.2 Å². The molecular formula is C17H12N6O3S. The van der Waals surface area contributed by atoms with Crippen molar-refractivity contribution in [3.8, 4) is 11.8 Å². The number of hydrogen-bond acceptors (Lipinski definition) is 7. The first-order chi connectivity index (χ1) is 13.0. The number of nitrogens with one attached hydrogen (secondary N) is 1. The van der Waals surface area contributed by atoms with Crippen molar-refractivity contribution in [2.24, 2.45) is 0 Å². The van der Waals surface area contributed by atoms with Crippen LogP contribution in [-0.2, 0) is 4.79 Å². The topological polar surface area (TPSA) is 127 Å². The Hall–Kier alpha value is -3.84. The highest BCUT2D eigenvalue weighted by atomic mass is 32.1. The molecule has 3 rings (SSSR count). The number of nitro benzene ring substituents is 1. The van der Waals surface area contributed by atoms with Gasteiger partial charge in [-0.15, -0.1) is 10.2 Å². The monoisotopic (exact) mass is 380 g/mol. The van der Waals surface area contributed by atoms with Crippen LogP contribution in [0.3, 0.4) is 0 Å². The number of carbonyl (C=O) groups excluding carboxylic acids is 1. The molecule has 2 heterocycles. The van der Waals surface area contributed by atoms with Gasteiger partial charge in [-0.3, -0.25) is 20.2 Å². The van der Waals surface area contributed by atoms with Crippen molar-refractivity contribution in [3.05, 3.63) is 69.0 Å². The molecule has 0 saturated heterocycles.